The molecular formula is C28H30N2O3S. The van der Waals surface area contributed by atoms with E-state index < -0.39 is 10.0 Å². The molecule has 1 aliphatic carbocycles. The molecule has 0 radical (unpaired) electrons. The summed E-state index contributed by atoms with van der Waals surface area (Å²) in [7, 11) is -3.50. The average molecular weight is 475 g/mol. The average Bonchev–Trinajstić information content (AvgIpc) is 3.37. The van der Waals surface area contributed by atoms with Crippen LogP contribution in [0.4, 0.5) is 5.69 Å². The molecule has 1 heterocycles. The Bertz CT molecular complexity index is 1270. The maximum absolute atomic E-state index is 12.7. The summed E-state index contributed by atoms with van der Waals surface area (Å²) in [4.78, 5) is 0.332. The molecule has 0 spiro atoms. The third kappa shape index (κ3) is 4.61. The highest BCUT2D eigenvalue weighted by Gasteiger charge is 2.38. The van der Waals surface area contributed by atoms with Crippen LogP contribution in [-0.2, 0) is 16.6 Å². The quantitative estimate of drug-likeness (QED) is 0.406. The van der Waals surface area contributed by atoms with Crippen molar-refractivity contribution in [2.75, 3.05) is 11.9 Å². The third-order valence-corrected chi connectivity index (χ3v) is 8.13. The maximum atomic E-state index is 12.7. The molecule has 0 aromatic heterocycles. The molecule has 2 N–H and O–H groups in total. The van der Waals surface area contributed by atoms with E-state index in [9.17, 15) is 8.42 Å². The number of hydrogen-bond acceptors (Lipinski definition) is 4. The molecule has 5 nitrogen and oxygen atoms in total. The van der Waals surface area contributed by atoms with Crippen LogP contribution < -0.4 is 14.8 Å². The number of sulfonamides is 1. The van der Waals surface area contributed by atoms with Crippen molar-refractivity contribution in [2.45, 2.75) is 43.2 Å². The first-order chi connectivity index (χ1) is 16.5. The summed E-state index contributed by atoms with van der Waals surface area (Å²) in [5.74, 6) is 1.38. The molecule has 0 bridgehead atoms. The van der Waals surface area contributed by atoms with Crippen molar-refractivity contribution in [3.05, 3.63) is 102 Å². The molecule has 3 aromatic carbocycles. The first-order valence-corrected chi connectivity index (χ1v) is 13.4. The maximum Gasteiger partial charge on any atom is 0.240 e. The molecular weight excluding hydrogens is 444 g/mol. The molecule has 0 amide bonds. The fourth-order valence-corrected chi connectivity index (χ4v) is 6.07. The standard InChI is InChI=1S/C28H30N2O3S/c1-2-17-29-34(31,32)23-15-16-27-26(18-23)24-9-6-10-25(24)28(30-27)21-11-13-22(14-12-21)33-19-20-7-4-3-5-8-20/h3-9,11-16,18,24-25,28-30H,2,10,17,19H2,1H3. The Morgan fingerprint density at radius 1 is 1.03 bits per heavy atom. The molecule has 3 aromatic rings. The minimum atomic E-state index is -3.50. The van der Waals surface area contributed by atoms with Crippen molar-refractivity contribution in [1.29, 1.82) is 0 Å². The predicted molar refractivity (Wildman–Crippen MR) is 135 cm³/mol. The summed E-state index contributed by atoms with van der Waals surface area (Å²) >= 11 is 0. The van der Waals surface area contributed by atoms with Crippen LogP contribution in [0.25, 0.3) is 0 Å². The van der Waals surface area contributed by atoms with Crippen LogP contribution in [0.2, 0.25) is 0 Å². The minimum Gasteiger partial charge on any atom is -0.489 e. The fraction of sp³-hybridized carbons (Fsp3) is 0.286. The molecule has 2 aliphatic rings. The van der Waals surface area contributed by atoms with Gasteiger partial charge in [-0.3, -0.25) is 0 Å². The Hall–Kier alpha value is -3.09. The number of ether oxygens (including phenoxy) is 1. The fourth-order valence-electron chi connectivity index (χ4n) is 4.90. The number of fused-ring (bicyclic) bond motifs is 3. The normalized spacial score (nSPS) is 20.9. The van der Waals surface area contributed by atoms with E-state index in [-0.39, 0.29) is 12.0 Å². The molecule has 3 atom stereocenters. The third-order valence-electron chi connectivity index (χ3n) is 6.67. The van der Waals surface area contributed by atoms with Crippen molar-refractivity contribution in [1.82, 2.24) is 4.72 Å². The van der Waals surface area contributed by atoms with Gasteiger partial charge in [-0.2, -0.15) is 0 Å². The van der Waals surface area contributed by atoms with E-state index in [0.717, 1.165) is 35.4 Å². The van der Waals surface area contributed by atoms with Gasteiger partial charge < -0.3 is 10.1 Å². The summed E-state index contributed by atoms with van der Waals surface area (Å²) in [6.07, 6.45) is 6.16. The molecule has 5 rings (SSSR count). The highest BCUT2D eigenvalue weighted by atomic mass is 32.2. The van der Waals surface area contributed by atoms with Crippen LogP contribution >= 0.6 is 0 Å². The van der Waals surface area contributed by atoms with E-state index in [0.29, 0.717) is 24.0 Å². The number of anilines is 1. The van der Waals surface area contributed by atoms with E-state index in [1.807, 2.05) is 49.4 Å². The lowest BCUT2D eigenvalue weighted by atomic mass is 9.77. The van der Waals surface area contributed by atoms with Gasteiger partial charge in [0, 0.05) is 18.2 Å². The molecule has 0 fully saturated rings. The van der Waals surface area contributed by atoms with Crippen LogP contribution in [0.5, 0.6) is 5.75 Å². The Balaban J connectivity index is 1.35. The van der Waals surface area contributed by atoms with Crippen LogP contribution in [-0.4, -0.2) is 15.0 Å². The summed E-state index contributed by atoms with van der Waals surface area (Å²) in [6, 6.07) is 24.1. The lowest BCUT2D eigenvalue weighted by Gasteiger charge is -2.37. The largest absolute Gasteiger partial charge is 0.489 e. The van der Waals surface area contributed by atoms with Gasteiger partial charge in [0.25, 0.3) is 0 Å². The zero-order valence-electron chi connectivity index (χ0n) is 19.3. The van der Waals surface area contributed by atoms with E-state index >= 15 is 0 Å². The van der Waals surface area contributed by atoms with Gasteiger partial charge in [0.05, 0.1) is 10.9 Å². The molecule has 6 heteroatoms. The van der Waals surface area contributed by atoms with Gasteiger partial charge in [-0.15, -0.1) is 0 Å². The Kier molecular flexibility index (Phi) is 6.44. The SMILES string of the molecule is CCCNS(=O)(=O)c1ccc2c(c1)C1C=CCC1C(c1ccc(OCc3ccccc3)cc1)N2. The van der Waals surface area contributed by atoms with Crippen molar-refractivity contribution >= 4 is 15.7 Å². The van der Waals surface area contributed by atoms with Gasteiger partial charge in [-0.1, -0.05) is 61.5 Å². The monoisotopic (exact) mass is 474 g/mol. The number of benzene rings is 3. The van der Waals surface area contributed by atoms with Crippen LogP contribution in [0, 0.1) is 5.92 Å². The number of allylic oxidation sites excluding steroid dienone is 2. The summed E-state index contributed by atoms with van der Waals surface area (Å²) < 4.78 is 34.0. The van der Waals surface area contributed by atoms with E-state index in [1.54, 1.807) is 6.07 Å². The second-order valence-corrected chi connectivity index (χ2v) is 10.7. The highest BCUT2D eigenvalue weighted by molar-refractivity contribution is 7.89. The zero-order valence-corrected chi connectivity index (χ0v) is 20.1. The topological polar surface area (TPSA) is 67.4 Å². The first kappa shape index (κ1) is 22.7. The van der Waals surface area contributed by atoms with Crippen LogP contribution in [0.15, 0.2) is 89.8 Å². The minimum absolute atomic E-state index is 0.149. The second kappa shape index (κ2) is 9.65. The Morgan fingerprint density at radius 3 is 2.59 bits per heavy atom. The van der Waals surface area contributed by atoms with Gasteiger partial charge in [-0.25, -0.2) is 13.1 Å². The zero-order chi connectivity index (χ0) is 23.5. The highest BCUT2D eigenvalue weighted by Crippen LogP contribution is 2.50. The smallest absolute Gasteiger partial charge is 0.240 e. The van der Waals surface area contributed by atoms with Crippen molar-refractivity contribution in [2.24, 2.45) is 5.92 Å². The Labute approximate surface area is 201 Å². The number of rotatable bonds is 8. The van der Waals surface area contributed by atoms with Crippen molar-refractivity contribution in [3.63, 3.8) is 0 Å². The van der Waals surface area contributed by atoms with Crippen molar-refractivity contribution < 1.29 is 13.2 Å². The molecule has 0 saturated heterocycles. The van der Waals surface area contributed by atoms with Crippen LogP contribution in [0.3, 0.4) is 0 Å². The van der Waals surface area contributed by atoms with E-state index in [2.05, 4.69) is 46.5 Å². The predicted octanol–water partition coefficient (Wildman–Crippen LogP) is 5.78. The molecule has 1 aliphatic heterocycles. The van der Waals surface area contributed by atoms with E-state index in [4.69, 9.17) is 4.74 Å². The second-order valence-electron chi connectivity index (χ2n) is 8.97. The van der Waals surface area contributed by atoms with Crippen LogP contribution in [0.1, 0.15) is 48.4 Å². The molecule has 3 unspecified atom stereocenters. The van der Waals surface area contributed by atoms with E-state index in [1.165, 1.54) is 5.56 Å². The summed E-state index contributed by atoms with van der Waals surface area (Å²) in [5, 5.41) is 3.69. The molecule has 34 heavy (non-hydrogen) atoms. The number of hydrogen-bond donors (Lipinski definition) is 2. The van der Waals surface area contributed by atoms with Gasteiger partial charge >= 0.3 is 0 Å². The van der Waals surface area contributed by atoms with Gasteiger partial charge in [0.1, 0.15) is 12.4 Å². The molecule has 0 saturated carbocycles. The first-order valence-electron chi connectivity index (χ1n) is 11.9. The summed E-state index contributed by atoms with van der Waals surface area (Å²) in [5.41, 5.74) is 4.40. The van der Waals surface area contributed by atoms with Gasteiger partial charge in [-0.05, 0) is 65.8 Å². The lowest BCUT2D eigenvalue weighted by Crippen LogP contribution is -2.30. The van der Waals surface area contributed by atoms with Gasteiger partial charge in [0.15, 0.2) is 0 Å². The summed E-state index contributed by atoms with van der Waals surface area (Å²) in [6.45, 7) is 2.94. The van der Waals surface area contributed by atoms with Crippen molar-refractivity contribution in [3.8, 4) is 5.75 Å². The Morgan fingerprint density at radius 2 is 1.82 bits per heavy atom. The number of nitrogens with one attached hydrogen (secondary N) is 2. The lowest BCUT2D eigenvalue weighted by molar-refractivity contribution is 0.306. The van der Waals surface area contributed by atoms with Gasteiger partial charge in [0.2, 0.25) is 10.0 Å². The molecule has 176 valence electrons.